The summed E-state index contributed by atoms with van der Waals surface area (Å²) in [4.78, 5) is 13.6. The molecule has 0 spiro atoms. The number of thiophene rings is 1. The number of carbonyl (C=O) groups is 1. The lowest BCUT2D eigenvalue weighted by atomic mass is 10.2. The summed E-state index contributed by atoms with van der Waals surface area (Å²) in [6.07, 6.45) is 2.34. The van der Waals surface area contributed by atoms with Crippen LogP contribution in [0.1, 0.15) is 24.0 Å². The molecule has 4 heteroatoms. The molecule has 0 saturated heterocycles. The highest BCUT2D eigenvalue weighted by atomic mass is 32.1. The van der Waals surface area contributed by atoms with Crippen LogP contribution in [-0.4, -0.2) is 30.4 Å². The molecule has 1 fully saturated rings. The Morgan fingerprint density at radius 2 is 2.31 bits per heavy atom. The van der Waals surface area contributed by atoms with E-state index in [2.05, 4.69) is 23.0 Å². The van der Waals surface area contributed by atoms with Crippen molar-refractivity contribution in [1.29, 1.82) is 0 Å². The normalized spacial score (nSPS) is 15.1. The second-order valence-corrected chi connectivity index (χ2v) is 5.16. The Morgan fingerprint density at radius 1 is 1.56 bits per heavy atom. The van der Waals surface area contributed by atoms with Gasteiger partial charge in [0.25, 0.3) is 0 Å². The van der Waals surface area contributed by atoms with Crippen LogP contribution in [0, 0.1) is 6.92 Å². The maximum absolute atomic E-state index is 11.7. The fourth-order valence-electron chi connectivity index (χ4n) is 1.66. The average Bonchev–Trinajstić information content (AvgIpc) is 3.03. The third kappa shape index (κ3) is 2.83. The number of hydrogen-bond acceptors (Lipinski definition) is 3. The van der Waals surface area contributed by atoms with E-state index in [9.17, 15) is 4.79 Å². The first-order valence-electron chi connectivity index (χ1n) is 5.66. The molecule has 0 radical (unpaired) electrons. The van der Waals surface area contributed by atoms with E-state index in [0.29, 0.717) is 12.6 Å². The second-order valence-electron chi connectivity index (χ2n) is 4.42. The number of carbonyl (C=O) groups excluding carboxylic acids is 1. The molecule has 1 saturated carbocycles. The van der Waals surface area contributed by atoms with Crippen LogP contribution in [0.2, 0.25) is 0 Å². The maximum Gasteiger partial charge on any atom is 0.236 e. The van der Waals surface area contributed by atoms with Crippen molar-refractivity contribution in [2.75, 3.05) is 13.6 Å². The molecule has 16 heavy (non-hydrogen) atoms. The van der Waals surface area contributed by atoms with Gasteiger partial charge in [-0.2, -0.15) is 11.3 Å². The highest BCUT2D eigenvalue weighted by molar-refractivity contribution is 7.08. The van der Waals surface area contributed by atoms with Crippen molar-refractivity contribution < 1.29 is 4.79 Å². The molecule has 3 nitrogen and oxygen atoms in total. The van der Waals surface area contributed by atoms with Crippen LogP contribution in [0.3, 0.4) is 0 Å². The first-order chi connectivity index (χ1) is 7.68. The lowest BCUT2D eigenvalue weighted by Crippen LogP contribution is -2.36. The van der Waals surface area contributed by atoms with Gasteiger partial charge >= 0.3 is 0 Å². The molecule has 0 aliphatic heterocycles. The maximum atomic E-state index is 11.7. The molecule has 0 aromatic carbocycles. The van der Waals surface area contributed by atoms with Gasteiger partial charge < -0.3 is 10.2 Å². The minimum atomic E-state index is 0.204. The van der Waals surface area contributed by atoms with E-state index in [1.807, 2.05) is 11.9 Å². The summed E-state index contributed by atoms with van der Waals surface area (Å²) >= 11 is 1.71. The van der Waals surface area contributed by atoms with E-state index in [-0.39, 0.29) is 5.91 Å². The van der Waals surface area contributed by atoms with Gasteiger partial charge in [-0.3, -0.25) is 4.79 Å². The molecule has 1 N–H and O–H groups in total. The number of rotatable bonds is 5. The van der Waals surface area contributed by atoms with Gasteiger partial charge in [0.2, 0.25) is 5.91 Å². The van der Waals surface area contributed by atoms with Crippen molar-refractivity contribution in [3.8, 4) is 0 Å². The van der Waals surface area contributed by atoms with Crippen LogP contribution in [-0.2, 0) is 11.3 Å². The molecule has 88 valence electrons. The van der Waals surface area contributed by atoms with Crippen molar-refractivity contribution in [3.63, 3.8) is 0 Å². The average molecular weight is 238 g/mol. The molecular formula is C12H18N2OS. The Bertz CT molecular complexity index is 371. The van der Waals surface area contributed by atoms with Crippen molar-refractivity contribution in [2.24, 2.45) is 0 Å². The predicted molar refractivity (Wildman–Crippen MR) is 66.6 cm³/mol. The van der Waals surface area contributed by atoms with Crippen molar-refractivity contribution in [2.45, 2.75) is 32.4 Å². The number of hydrogen-bond donors (Lipinski definition) is 1. The Balaban J connectivity index is 1.71. The van der Waals surface area contributed by atoms with Crippen LogP contribution >= 0.6 is 11.3 Å². The van der Waals surface area contributed by atoms with E-state index in [1.54, 1.807) is 11.3 Å². The minimum Gasteiger partial charge on any atom is -0.342 e. The van der Waals surface area contributed by atoms with Crippen molar-refractivity contribution in [3.05, 3.63) is 21.9 Å². The zero-order chi connectivity index (χ0) is 11.5. The van der Waals surface area contributed by atoms with Gasteiger partial charge in [0, 0.05) is 19.6 Å². The monoisotopic (exact) mass is 238 g/mol. The summed E-state index contributed by atoms with van der Waals surface area (Å²) in [5, 5.41) is 7.48. The topological polar surface area (TPSA) is 32.3 Å². The summed E-state index contributed by atoms with van der Waals surface area (Å²) in [6, 6.07) is 0.511. The van der Waals surface area contributed by atoms with E-state index in [0.717, 1.165) is 6.54 Å². The summed E-state index contributed by atoms with van der Waals surface area (Å²) in [5.41, 5.74) is 2.60. The van der Waals surface area contributed by atoms with Gasteiger partial charge in [0.05, 0.1) is 6.54 Å². The van der Waals surface area contributed by atoms with E-state index >= 15 is 0 Å². The largest absolute Gasteiger partial charge is 0.342 e. The highest BCUT2D eigenvalue weighted by Crippen LogP contribution is 2.25. The van der Waals surface area contributed by atoms with Crippen molar-refractivity contribution >= 4 is 17.2 Å². The molecule has 1 heterocycles. The van der Waals surface area contributed by atoms with Crippen LogP contribution in [0.15, 0.2) is 10.8 Å². The predicted octanol–water partition coefficient (Wildman–Crippen LogP) is 1.77. The van der Waals surface area contributed by atoms with E-state index < -0.39 is 0 Å². The molecular weight excluding hydrogens is 220 g/mol. The first kappa shape index (κ1) is 11.6. The van der Waals surface area contributed by atoms with Crippen LogP contribution in [0.4, 0.5) is 0 Å². The smallest absolute Gasteiger partial charge is 0.236 e. The molecule has 1 aliphatic rings. The summed E-state index contributed by atoms with van der Waals surface area (Å²) in [5.74, 6) is 0.204. The number of nitrogens with zero attached hydrogens (tertiary/aromatic N) is 1. The Morgan fingerprint density at radius 3 is 2.88 bits per heavy atom. The number of likely N-dealkylation sites (N-methyl/N-ethyl adjacent to an activating group) is 1. The zero-order valence-electron chi connectivity index (χ0n) is 9.82. The molecule has 1 aromatic rings. The van der Waals surface area contributed by atoms with Crippen LogP contribution < -0.4 is 5.32 Å². The Labute approximate surface area is 100 Å². The molecule has 1 aromatic heterocycles. The lowest BCUT2D eigenvalue weighted by molar-refractivity contribution is -0.129. The van der Waals surface area contributed by atoms with Gasteiger partial charge in [-0.15, -0.1) is 0 Å². The summed E-state index contributed by atoms with van der Waals surface area (Å²) in [7, 11) is 1.90. The molecule has 0 unspecified atom stereocenters. The fraction of sp³-hybridized carbons (Fsp3) is 0.583. The molecule has 1 amide bonds. The molecule has 0 bridgehead atoms. The third-order valence-corrected chi connectivity index (χ3v) is 3.95. The van der Waals surface area contributed by atoms with Gasteiger partial charge in [-0.05, 0) is 41.7 Å². The van der Waals surface area contributed by atoms with Crippen LogP contribution in [0.25, 0.3) is 0 Å². The minimum absolute atomic E-state index is 0.204. The number of nitrogens with one attached hydrogen (secondary N) is 1. The summed E-state index contributed by atoms with van der Waals surface area (Å²) < 4.78 is 0. The zero-order valence-corrected chi connectivity index (χ0v) is 10.6. The standard InChI is InChI=1S/C12H18N2OS/c1-9-7-16-8-10(9)5-13-6-12(15)14(2)11-3-4-11/h7-8,11,13H,3-6H2,1-2H3. The fourth-order valence-corrected chi connectivity index (χ4v) is 2.52. The number of amides is 1. The highest BCUT2D eigenvalue weighted by Gasteiger charge is 2.28. The van der Waals surface area contributed by atoms with Crippen LogP contribution in [0.5, 0.6) is 0 Å². The second kappa shape index (κ2) is 4.97. The molecule has 0 atom stereocenters. The van der Waals surface area contributed by atoms with Gasteiger partial charge in [-0.25, -0.2) is 0 Å². The third-order valence-electron chi connectivity index (χ3n) is 3.04. The molecule has 1 aliphatic carbocycles. The van der Waals surface area contributed by atoms with Gasteiger partial charge in [-0.1, -0.05) is 0 Å². The van der Waals surface area contributed by atoms with Gasteiger partial charge in [0.1, 0.15) is 0 Å². The molecule has 2 rings (SSSR count). The van der Waals surface area contributed by atoms with Crippen molar-refractivity contribution in [1.82, 2.24) is 10.2 Å². The Hall–Kier alpha value is -0.870. The van der Waals surface area contributed by atoms with Gasteiger partial charge in [0.15, 0.2) is 0 Å². The lowest BCUT2D eigenvalue weighted by Gasteiger charge is -2.16. The Kier molecular flexibility index (Phi) is 3.61. The quantitative estimate of drug-likeness (QED) is 0.848. The summed E-state index contributed by atoms with van der Waals surface area (Å²) in [6.45, 7) is 3.34. The van der Waals surface area contributed by atoms with E-state index in [4.69, 9.17) is 0 Å². The SMILES string of the molecule is Cc1cscc1CNCC(=O)N(C)C1CC1. The first-order valence-corrected chi connectivity index (χ1v) is 6.61. The number of aryl methyl sites for hydroxylation is 1. The van der Waals surface area contributed by atoms with E-state index in [1.165, 1.54) is 24.0 Å².